The minimum atomic E-state index is -4.62. The van der Waals surface area contributed by atoms with E-state index in [0.717, 1.165) is 12.1 Å². The zero-order valence-electron chi connectivity index (χ0n) is 9.95. The van der Waals surface area contributed by atoms with E-state index < -0.39 is 17.3 Å². The van der Waals surface area contributed by atoms with E-state index in [1.807, 2.05) is 0 Å². The molecule has 0 unspecified atom stereocenters. The highest BCUT2D eigenvalue weighted by Gasteiger charge is 2.33. The molecule has 2 aromatic carbocycles. The van der Waals surface area contributed by atoms with Crippen molar-refractivity contribution in [3.63, 3.8) is 0 Å². The molecule has 20 heavy (non-hydrogen) atoms. The number of carbonyl (C=O) groups excluding carboxylic acids is 1. The smallest absolute Gasteiger partial charge is 0.417 e. The average Bonchev–Trinajstić information content (AvgIpc) is 2.40. The van der Waals surface area contributed by atoms with Crippen molar-refractivity contribution in [3.8, 4) is 11.5 Å². The number of hydrogen-bond acceptors (Lipinski definition) is 2. The van der Waals surface area contributed by atoms with Gasteiger partial charge < -0.3 is 4.74 Å². The summed E-state index contributed by atoms with van der Waals surface area (Å²) in [6, 6.07) is 9.34. The fraction of sp³-hybridized carbons (Fsp3) is 0.0714. The minimum Gasteiger partial charge on any atom is -0.457 e. The number of aldehydes is 1. The average molecular weight is 301 g/mol. The van der Waals surface area contributed by atoms with E-state index in [1.165, 1.54) is 18.2 Å². The van der Waals surface area contributed by atoms with Gasteiger partial charge in [-0.05, 0) is 42.5 Å². The monoisotopic (exact) mass is 300 g/mol. The van der Waals surface area contributed by atoms with Crippen LogP contribution in [0.15, 0.2) is 42.5 Å². The van der Waals surface area contributed by atoms with Crippen LogP contribution >= 0.6 is 11.6 Å². The summed E-state index contributed by atoms with van der Waals surface area (Å²) in [4.78, 5) is 10.6. The summed E-state index contributed by atoms with van der Waals surface area (Å²) in [7, 11) is 0. The molecule has 2 rings (SSSR count). The quantitative estimate of drug-likeness (QED) is 0.749. The SMILES string of the molecule is O=Cc1ccc(Oc2ccc(Cl)cc2)cc1C(F)(F)F. The van der Waals surface area contributed by atoms with Crippen LogP contribution in [-0.2, 0) is 6.18 Å². The molecule has 2 aromatic rings. The van der Waals surface area contributed by atoms with Crippen molar-refractivity contribution in [2.45, 2.75) is 6.18 Å². The molecule has 2 nitrogen and oxygen atoms in total. The lowest BCUT2D eigenvalue weighted by molar-refractivity contribution is -0.137. The zero-order chi connectivity index (χ0) is 14.8. The fourth-order valence-corrected chi connectivity index (χ4v) is 1.71. The van der Waals surface area contributed by atoms with Crippen LogP contribution in [0.25, 0.3) is 0 Å². The number of ether oxygens (including phenoxy) is 1. The predicted molar refractivity (Wildman–Crippen MR) is 68.4 cm³/mol. The van der Waals surface area contributed by atoms with Crippen molar-refractivity contribution >= 4 is 17.9 Å². The molecule has 0 aliphatic heterocycles. The van der Waals surface area contributed by atoms with Crippen LogP contribution in [-0.4, -0.2) is 6.29 Å². The van der Waals surface area contributed by atoms with Gasteiger partial charge in [0.25, 0.3) is 0 Å². The lowest BCUT2D eigenvalue weighted by Crippen LogP contribution is -2.09. The molecule has 0 aliphatic rings. The Bertz CT molecular complexity index is 621. The molecule has 0 atom stereocenters. The first kappa shape index (κ1) is 14.4. The third kappa shape index (κ3) is 3.30. The van der Waals surface area contributed by atoms with Crippen LogP contribution < -0.4 is 4.74 Å². The minimum absolute atomic E-state index is 0.00903. The summed E-state index contributed by atoms with van der Waals surface area (Å²) in [6.07, 6.45) is -4.45. The number of halogens is 4. The predicted octanol–water partition coefficient (Wildman–Crippen LogP) is 4.96. The summed E-state index contributed by atoms with van der Waals surface area (Å²) in [5, 5.41) is 0.490. The van der Waals surface area contributed by atoms with Gasteiger partial charge in [0.1, 0.15) is 11.5 Å². The van der Waals surface area contributed by atoms with Crippen LogP contribution in [0.5, 0.6) is 11.5 Å². The summed E-state index contributed by atoms with van der Waals surface area (Å²) in [5.41, 5.74) is -1.46. The van der Waals surface area contributed by atoms with Crippen LogP contribution in [0.4, 0.5) is 13.2 Å². The normalized spacial score (nSPS) is 11.2. The van der Waals surface area contributed by atoms with Gasteiger partial charge in [-0.3, -0.25) is 4.79 Å². The summed E-state index contributed by atoms with van der Waals surface area (Å²) >= 11 is 5.70. The molecular weight excluding hydrogens is 293 g/mol. The zero-order valence-corrected chi connectivity index (χ0v) is 10.7. The molecule has 0 heterocycles. The van der Waals surface area contributed by atoms with Crippen LogP contribution in [0.2, 0.25) is 5.02 Å². The molecule has 0 aliphatic carbocycles. The Morgan fingerprint density at radius 1 is 1.00 bits per heavy atom. The van der Waals surface area contributed by atoms with Crippen LogP contribution in [0.3, 0.4) is 0 Å². The van der Waals surface area contributed by atoms with E-state index in [9.17, 15) is 18.0 Å². The largest absolute Gasteiger partial charge is 0.457 e. The molecule has 0 saturated heterocycles. The third-order valence-corrected chi connectivity index (χ3v) is 2.76. The van der Waals surface area contributed by atoms with Crippen molar-refractivity contribution < 1.29 is 22.7 Å². The second kappa shape index (κ2) is 5.54. The standard InChI is InChI=1S/C14H8ClF3O2/c15-10-2-5-11(6-3-10)20-12-4-1-9(8-19)13(7-12)14(16,17)18/h1-8H. The van der Waals surface area contributed by atoms with E-state index in [0.29, 0.717) is 10.8 Å². The highest BCUT2D eigenvalue weighted by molar-refractivity contribution is 6.30. The van der Waals surface area contributed by atoms with Crippen molar-refractivity contribution in [2.24, 2.45) is 0 Å². The summed E-state index contributed by atoms with van der Waals surface area (Å²) in [6.45, 7) is 0. The fourth-order valence-electron chi connectivity index (χ4n) is 1.59. The molecule has 0 saturated carbocycles. The Kier molecular flexibility index (Phi) is 3.99. The first-order valence-electron chi connectivity index (χ1n) is 5.50. The molecule has 0 N–H and O–H groups in total. The second-order valence-corrected chi connectivity index (χ2v) is 4.36. The molecule has 6 heteroatoms. The number of carbonyl (C=O) groups is 1. The van der Waals surface area contributed by atoms with Gasteiger partial charge in [-0.25, -0.2) is 0 Å². The Morgan fingerprint density at radius 2 is 1.60 bits per heavy atom. The molecular formula is C14H8ClF3O2. The van der Waals surface area contributed by atoms with Crippen molar-refractivity contribution in [3.05, 3.63) is 58.6 Å². The number of rotatable bonds is 3. The van der Waals surface area contributed by atoms with Gasteiger partial charge in [0, 0.05) is 10.6 Å². The maximum atomic E-state index is 12.8. The van der Waals surface area contributed by atoms with Crippen molar-refractivity contribution in [2.75, 3.05) is 0 Å². The molecule has 0 spiro atoms. The Balaban J connectivity index is 2.34. The van der Waals surface area contributed by atoms with Gasteiger partial charge in [0.05, 0.1) is 5.56 Å². The van der Waals surface area contributed by atoms with Gasteiger partial charge in [0.2, 0.25) is 0 Å². The highest BCUT2D eigenvalue weighted by Crippen LogP contribution is 2.35. The summed E-state index contributed by atoms with van der Waals surface area (Å²) < 4.78 is 43.6. The molecule has 0 fully saturated rings. The first-order valence-corrected chi connectivity index (χ1v) is 5.88. The van der Waals surface area contributed by atoms with Crippen molar-refractivity contribution in [1.29, 1.82) is 0 Å². The second-order valence-electron chi connectivity index (χ2n) is 3.92. The van der Waals surface area contributed by atoms with Gasteiger partial charge in [-0.2, -0.15) is 13.2 Å². The van der Waals surface area contributed by atoms with E-state index in [4.69, 9.17) is 16.3 Å². The van der Waals surface area contributed by atoms with E-state index in [2.05, 4.69) is 0 Å². The maximum Gasteiger partial charge on any atom is 0.417 e. The van der Waals surface area contributed by atoms with Crippen LogP contribution in [0.1, 0.15) is 15.9 Å². The maximum absolute atomic E-state index is 12.8. The third-order valence-electron chi connectivity index (χ3n) is 2.51. The van der Waals surface area contributed by atoms with Gasteiger partial charge in [0.15, 0.2) is 6.29 Å². The molecule has 0 radical (unpaired) electrons. The van der Waals surface area contributed by atoms with Gasteiger partial charge in [-0.1, -0.05) is 11.6 Å². The van der Waals surface area contributed by atoms with Gasteiger partial charge >= 0.3 is 6.18 Å². The molecule has 104 valence electrons. The Hall–Kier alpha value is -2.01. The number of hydrogen-bond donors (Lipinski definition) is 0. The lowest BCUT2D eigenvalue weighted by atomic mass is 10.1. The number of alkyl halides is 3. The topological polar surface area (TPSA) is 26.3 Å². The molecule has 0 bridgehead atoms. The Labute approximate surface area is 117 Å². The van der Waals surface area contributed by atoms with Crippen LogP contribution in [0, 0.1) is 0 Å². The van der Waals surface area contributed by atoms with Gasteiger partial charge in [-0.15, -0.1) is 0 Å². The van der Waals surface area contributed by atoms with E-state index >= 15 is 0 Å². The summed E-state index contributed by atoms with van der Waals surface area (Å²) in [5.74, 6) is 0.339. The van der Waals surface area contributed by atoms with E-state index in [1.54, 1.807) is 12.1 Å². The Morgan fingerprint density at radius 3 is 2.15 bits per heavy atom. The van der Waals surface area contributed by atoms with E-state index in [-0.39, 0.29) is 12.0 Å². The number of benzene rings is 2. The highest BCUT2D eigenvalue weighted by atomic mass is 35.5. The van der Waals surface area contributed by atoms with Crippen molar-refractivity contribution in [1.82, 2.24) is 0 Å². The molecule has 0 amide bonds. The molecule has 0 aromatic heterocycles. The first-order chi connectivity index (χ1) is 9.40. The lowest BCUT2D eigenvalue weighted by Gasteiger charge is -2.12.